The number of rotatable bonds is 5. The van der Waals surface area contributed by atoms with E-state index in [1.807, 2.05) is 48.5 Å². The number of carbonyl (C=O) groups is 2. The van der Waals surface area contributed by atoms with Crippen LogP contribution in [0.15, 0.2) is 48.5 Å². The SMILES string of the molecule is COc1ccccc1CNC(=O)[C@@H]1c2ccccc2C(=O)N(C2CCCC2)C12CCCC2. The van der Waals surface area contributed by atoms with Crippen LogP contribution >= 0.6 is 0 Å². The molecule has 32 heavy (non-hydrogen) atoms. The lowest BCUT2D eigenvalue weighted by Crippen LogP contribution is -2.63. The normalized spacial score (nSPS) is 22.2. The zero-order chi connectivity index (χ0) is 22.1. The number of amides is 2. The Bertz CT molecular complexity index is 1010. The lowest BCUT2D eigenvalue weighted by Gasteiger charge is -2.52. The van der Waals surface area contributed by atoms with Crippen molar-refractivity contribution < 1.29 is 14.3 Å². The Balaban J connectivity index is 1.53. The Hall–Kier alpha value is -2.82. The third kappa shape index (κ3) is 3.39. The monoisotopic (exact) mass is 432 g/mol. The highest BCUT2D eigenvalue weighted by Crippen LogP contribution is 2.52. The van der Waals surface area contributed by atoms with Crippen LogP contribution in [-0.4, -0.2) is 35.4 Å². The van der Waals surface area contributed by atoms with Gasteiger partial charge in [-0.05, 0) is 43.4 Å². The second-order valence-corrected chi connectivity index (χ2v) is 9.47. The van der Waals surface area contributed by atoms with Crippen molar-refractivity contribution in [1.82, 2.24) is 10.2 Å². The number of fused-ring (bicyclic) bond motifs is 1. The predicted molar refractivity (Wildman–Crippen MR) is 124 cm³/mol. The van der Waals surface area contributed by atoms with Crippen LogP contribution in [0.4, 0.5) is 0 Å². The maximum atomic E-state index is 13.9. The fraction of sp³-hybridized carbons (Fsp3) is 0.481. The van der Waals surface area contributed by atoms with E-state index in [9.17, 15) is 9.59 Å². The summed E-state index contributed by atoms with van der Waals surface area (Å²) in [7, 11) is 1.65. The van der Waals surface area contributed by atoms with Gasteiger partial charge in [-0.3, -0.25) is 9.59 Å². The molecule has 2 amide bonds. The van der Waals surface area contributed by atoms with Crippen molar-refractivity contribution in [1.29, 1.82) is 0 Å². The summed E-state index contributed by atoms with van der Waals surface area (Å²) < 4.78 is 5.47. The van der Waals surface area contributed by atoms with E-state index >= 15 is 0 Å². The van der Waals surface area contributed by atoms with Gasteiger partial charge in [-0.1, -0.05) is 62.1 Å². The molecular formula is C27H32N2O3. The van der Waals surface area contributed by atoms with Crippen molar-refractivity contribution in [3.8, 4) is 5.75 Å². The second kappa shape index (κ2) is 8.61. The highest BCUT2D eigenvalue weighted by molar-refractivity contribution is 6.02. The van der Waals surface area contributed by atoms with Crippen LogP contribution in [0.5, 0.6) is 5.75 Å². The van der Waals surface area contributed by atoms with Crippen LogP contribution in [0.1, 0.15) is 78.8 Å². The van der Waals surface area contributed by atoms with E-state index in [1.54, 1.807) is 7.11 Å². The number of methoxy groups -OCH3 is 1. The summed E-state index contributed by atoms with van der Waals surface area (Å²) in [6.07, 6.45) is 8.35. The average Bonchev–Trinajstić information content (AvgIpc) is 3.52. The summed E-state index contributed by atoms with van der Waals surface area (Å²) in [6.45, 7) is 0.412. The predicted octanol–water partition coefficient (Wildman–Crippen LogP) is 4.81. The Morgan fingerprint density at radius 1 is 1.03 bits per heavy atom. The minimum Gasteiger partial charge on any atom is -0.496 e. The van der Waals surface area contributed by atoms with Crippen molar-refractivity contribution in [2.45, 2.75) is 75.4 Å². The van der Waals surface area contributed by atoms with Gasteiger partial charge >= 0.3 is 0 Å². The van der Waals surface area contributed by atoms with Crippen molar-refractivity contribution in [3.05, 3.63) is 65.2 Å². The second-order valence-electron chi connectivity index (χ2n) is 9.47. The molecule has 2 fully saturated rings. The molecule has 168 valence electrons. The smallest absolute Gasteiger partial charge is 0.254 e. The van der Waals surface area contributed by atoms with Gasteiger partial charge in [0.15, 0.2) is 0 Å². The first-order valence-electron chi connectivity index (χ1n) is 12.0. The first-order valence-corrected chi connectivity index (χ1v) is 12.0. The zero-order valence-electron chi connectivity index (χ0n) is 18.8. The quantitative estimate of drug-likeness (QED) is 0.738. The Morgan fingerprint density at radius 2 is 1.72 bits per heavy atom. The average molecular weight is 433 g/mol. The molecule has 1 atom stereocenters. The molecule has 2 aromatic carbocycles. The van der Waals surface area contributed by atoms with Crippen LogP contribution in [0.2, 0.25) is 0 Å². The summed E-state index contributed by atoms with van der Waals surface area (Å²) >= 11 is 0. The minimum atomic E-state index is -0.411. The van der Waals surface area contributed by atoms with Gasteiger partial charge in [0.05, 0.1) is 18.6 Å². The number of hydrogen-bond acceptors (Lipinski definition) is 3. The van der Waals surface area contributed by atoms with Crippen LogP contribution in [0, 0.1) is 0 Å². The van der Waals surface area contributed by atoms with Gasteiger partial charge in [0.1, 0.15) is 5.75 Å². The van der Waals surface area contributed by atoms with E-state index < -0.39 is 5.54 Å². The lowest BCUT2D eigenvalue weighted by molar-refractivity contribution is -0.127. The van der Waals surface area contributed by atoms with E-state index in [-0.39, 0.29) is 23.8 Å². The number of ether oxygens (including phenoxy) is 1. The Labute approximate surface area is 190 Å². The van der Waals surface area contributed by atoms with Crippen LogP contribution in [0.25, 0.3) is 0 Å². The standard InChI is InChI=1S/C27H32N2O3/c1-32-23-15-7-2-10-19(23)18-28-25(30)24-21-13-5-6-14-22(21)26(31)29(20-11-3-4-12-20)27(24)16-8-9-17-27/h2,5-7,10,13-15,20,24H,3-4,8-9,11-12,16-18H2,1H3,(H,28,30)/t24-/m0/s1. The summed E-state index contributed by atoms with van der Waals surface area (Å²) in [5, 5.41) is 3.20. The molecule has 0 bridgehead atoms. The van der Waals surface area contributed by atoms with Gasteiger partial charge in [-0.2, -0.15) is 0 Å². The van der Waals surface area contributed by atoms with Crippen LogP contribution in [0.3, 0.4) is 0 Å². The van der Waals surface area contributed by atoms with E-state index in [0.717, 1.165) is 68.2 Å². The summed E-state index contributed by atoms with van der Waals surface area (Å²) in [5.74, 6) is 0.577. The minimum absolute atomic E-state index is 0.0146. The molecule has 5 nitrogen and oxygen atoms in total. The molecule has 1 heterocycles. The largest absolute Gasteiger partial charge is 0.496 e. The fourth-order valence-corrected chi connectivity index (χ4v) is 6.43. The maximum Gasteiger partial charge on any atom is 0.254 e. The third-order valence-electron chi connectivity index (χ3n) is 7.81. The van der Waals surface area contributed by atoms with E-state index in [4.69, 9.17) is 4.74 Å². The molecule has 1 N–H and O–H groups in total. The highest BCUT2D eigenvalue weighted by atomic mass is 16.5. The Kier molecular flexibility index (Phi) is 5.66. The molecule has 0 saturated heterocycles. The van der Waals surface area contributed by atoms with Gasteiger partial charge in [0.2, 0.25) is 5.91 Å². The number of nitrogens with zero attached hydrogens (tertiary/aromatic N) is 1. The van der Waals surface area contributed by atoms with Gasteiger partial charge in [-0.15, -0.1) is 0 Å². The molecule has 2 aliphatic carbocycles. The Morgan fingerprint density at radius 3 is 2.47 bits per heavy atom. The number of carbonyl (C=O) groups excluding carboxylic acids is 2. The summed E-state index contributed by atoms with van der Waals surface area (Å²) in [4.78, 5) is 29.8. The third-order valence-corrected chi connectivity index (χ3v) is 7.81. The van der Waals surface area contributed by atoms with Gasteiger partial charge in [0.25, 0.3) is 5.91 Å². The zero-order valence-corrected chi connectivity index (χ0v) is 18.8. The number of nitrogens with one attached hydrogen (secondary N) is 1. The molecule has 0 radical (unpaired) electrons. The molecule has 0 unspecified atom stereocenters. The molecule has 2 aromatic rings. The van der Waals surface area contributed by atoms with Gasteiger partial charge < -0.3 is 15.0 Å². The van der Waals surface area contributed by atoms with Crippen LogP contribution < -0.4 is 10.1 Å². The molecule has 0 aromatic heterocycles. The van der Waals surface area contributed by atoms with E-state index in [2.05, 4.69) is 10.2 Å². The van der Waals surface area contributed by atoms with E-state index in [1.165, 1.54) is 0 Å². The molecule has 1 spiro atoms. The maximum absolute atomic E-state index is 13.9. The fourth-order valence-electron chi connectivity index (χ4n) is 6.43. The van der Waals surface area contributed by atoms with Crippen molar-refractivity contribution in [2.24, 2.45) is 0 Å². The molecule has 3 aliphatic rings. The van der Waals surface area contributed by atoms with Crippen molar-refractivity contribution in [3.63, 3.8) is 0 Å². The van der Waals surface area contributed by atoms with Crippen molar-refractivity contribution in [2.75, 3.05) is 7.11 Å². The first-order chi connectivity index (χ1) is 15.7. The molecular weight excluding hydrogens is 400 g/mol. The number of benzene rings is 2. The first kappa shape index (κ1) is 21.0. The molecule has 2 saturated carbocycles. The van der Waals surface area contributed by atoms with Gasteiger partial charge in [-0.25, -0.2) is 0 Å². The lowest BCUT2D eigenvalue weighted by atomic mass is 9.70. The highest BCUT2D eigenvalue weighted by Gasteiger charge is 2.57. The van der Waals surface area contributed by atoms with Crippen LogP contribution in [-0.2, 0) is 11.3 Å². The topological polar surface area (TPSA) is 58.6 Å². The van der Waals surface area contributed by atoms with Crippen molar-refractivity contribution >= 4 is 11.8 Å². The molecule has 1 aliphatic heterocycles. The number of hydrogen-bond donors (Lipinski definition) is 1. The molecule has 5 heteroatoms. The van der Waals surface area contributed by atoms with E-state index in [0.29, 0.717) is 12.1 Å². The number of para-hydroxylation sites is 1. The summed E-state index contributed by atoms with van der Waals surface area (Å²) in [5.41, 5.74) is 2.14. The molecule has 5 rings (SSSR count). The summed E-state index contributed by atoms with van der Waals surface area (Å²) in [6, 6.07) is 15.8. The van der Waals surface area contributed by atoms with Gasteiger partial charge in [0, 0.05) is 23.7 Å².